The molecule has 0 aliphatic carbocycles. The van der Waals surface area contributed by atoms with Crippen molar-refractivity contribution in [3.05, 3.63) is 58.6 Å². The van der Waals surface area contributed by atoms with Gasteiger partial charge < -0.3 is 15.2 Å². The minimum atomic E-state index is -0.304. The van der Waals surface area contributed by atoms with E-state index in [0.717, 1.165) is 23.3 Å². The number of hydrogen-bond acceptors (Lipinski definition) is 4. The highest BCUT2D eigenvalue weighted by Gasteiger charge is 2.32. The molecule has 126 valence electrons. The van der Waals surface area contributed by atoms with Crippen molar-refractivity contribution in [1.82, 2.24) is 4.90 Å². The van der Waals surface area contributed by atoms with Crippen molar-refractivity contribution in [1.29, 1.82) is 0 Å². The molecule has 0 saturated carbocycles. The van der Waals surface area contributed by atoms with Gasteiger partial charge in [0.1, 0.15) is 12.4 Å². The standard InChI is InChI=1S/C18H19ClN2O3/c1-23-15-5-2-12(3-6-15)8-14-11-24-18(22)21(14)10-13-4-7-16(19)17(20)9-13/h2-7,9,14H,8,10-11,20H2,1H3. The van der Waals surface area contributed by atoms with E-state index in [1.54, 1.807) is 24.1 Å². The maximum atomic E-state index is 12.1. The minimum absolute atomic E-state index is 0.0113. The molecule has 1 atom stereocenters. The first kappa shape index (κ1) is 16.5. The Hall–Kier alpha value is -2.40. The average molecular weight is 347 g/mol. The normalized spacial score (nSPS) is 17.0. The van der Waals surface area contributed by atoms with Crippen LogP contribution in [0, 0.1) is 0 Å². The van der Waals surface area contributed by atoms with E-state index in [9.17, 15) is 4.79 Å². The van der Waals surface area contributed by atoms with Crippen molar-refractivity contribution in [2.75, 3.05) is 19.5 Å². The first-order chi connectivity index (χ1) is 11.6. The summed E-state index contributed by atoms with van der Waals surface area (Å²) in [6.07, 6.45) is 0.417. The molecule has 1 amide bonds. The Kier molecular flexibility index (Phi) is 4.81. The molecular formula is C18H19ClN2O3. The molecule has 0 radical (unpaired) electrons. The van der Waals surface area contributed by atoms with Gasteiger partial charge in [-0.15, -0.1) is 0 Å². The van der Waals surface area contributed by atoms with E-state index in [1.165, 1.54) is 0 Å². The molecule has 0 spiro atoms. The average Bonchev–Trinajstić information content (AvgIpc) is 2.92. The Balaban J connectivity index is 1.72. The number of rotatable bonds is 5. The number of anilines is 1. The predicted octanol–water partition coefficient (Wildman–Crippen LogP) is 3.49. The maximum Gasteiger partial charge on any atom is 0.410 e. The molecule has 6 heteroatoms. The molecule has 2 N–H and O–H groups in total. The summed E-state index contributed by atoms with van der Waals surface area (Å²) in [7, 11) is 1.64. The van der Waals surface area contributed by atoms with E-state index in [1.807, 2.05) is 30.3 Å². The number of carbonyl (C=O) groups is 1. The van der Waals surface area contributed by atoms with Gasteiger partial charge in [-0.05, 0) is 41.8 Å². The lowest BCUT2D eigenvalue weighted by atomic mass is 10.0. The summed E-state index contributed by atoms with van der Waals surface area (Å²) >= 11 is 5.95. The molecular weight excluding hydrogens is 328 g/mol. The van der Waals surface area contributed by atoms with Gasteiger partial charge in [-0.3, -0.25) is 4.90 Å². The van der Waals surface area contributed by atoms with Crippen LogP contribution in [0.2, 0.25) is 5.02 Å². The second-order valence-electron chi connectivity index (χ2n) is 5.77. The highest BCUT2D eigenvalue weighted by Crippen LogP contribution is 2.24. The highest BCUT2D eigenvalue weighted by atomic mass is 35.5. The summed E-state index contributed by atoms with van der Waals surface area (Å²) in [5.74, 6) is 0.811. The highest BCUT2D eigenvalue weighted by molar-refractivity contribution is 6.33. The zero-order valence-electron chi connectivity index (χ0n) is 13.4. The van der Waals surface area contributed by atoms with Gasteiger partial charge in [-0.2, -0.15) is 0 Å². The zero-order chi connectivity index (χ0) is 17.1. The van der Waals surface area contributed by atoms with E-state index >= 15 is 0 Å². The first-order valence-electron chi connectivity index (χ1n) is 7.67. The number of cyclic esters (lactones) is 1. The fourth-order valence-electron chi connectivity index (χ4n) is 2.77. The van der Waals surface area contributed by atoms with E-state index in [-0.39, 0.29) is 12.1 Å². The third-order valence-electron chi connectivity index (χ3n) is 4.12. The van der Waals surface area contributed by atoms with E-state index in [4.69, 9.17) is 26.8 Å². The van der Waals surface area contributed by atoms with Gasteiger partial charge in [0, 0.05) is 6.54 Å². The lowest BCUT2D eigenvalue weighted by Crippen LogP contribution is -2.34. The van der Waals surface area contributed by atoms with Crippen molar-refractivity contribution in [2.45, 2.75) is 19.0 Å². The molecule has 1 heterocycles. The number of benzene rings is 2. The van der Waals surface area contributed by atoms with Gasteiger partial charge in [-0.25, -0.2) is 4.79 Å². The van der Waals surface area contributed by atoms with Crippen LogP contribution >= 0.6 is 11.6 Å². The van der Waals surface area contributed by atoms with Gasteiger partial charge in [-0.1, -0.05) is 29.8 Å². The van der Waals surface area contributed by atoms with Crippen molar-refractivity contribution < 1.29 is 14.3 Å². The number of nitrogens with two attached hydrogens (primary N) is 1. The number of carbonyl (C=O) groups excluding carboxylic acids is 1. The van der Waals surface area contributed by atoms with Crippen molar-refractivity contribution in [3.8, 4) is 5.75 Å². The fourth-order valence-corrected chi connectivity index (χ4v) is 2.89. The van der Waals surface area contributed by atoms with Gasteiger partial charge in [0.2, 0.25) is 0 Å². The van der Waals surface area contributed by atoms with Crippen LogP contribution < -0.4 is 10.5 Å². The van der Waals surface area contributed by atoms with Gasteiger partial charge >= 0.3 is 6.09 Å². The third-order valence-corrected chi connectivity index (χ3v) is 4.46. The van der Waals surface area contributed by atoms with Crippen LogP contribution in [0.5, 0.6) is 5.75 Å². The van der Waals surface area contributed by atoms with Gasteiger partial charge in [0.15, 0.2) is 0 Å². The molecule has 3 rings (SSSR count). The number of hydrogen-bond donors (Lipinski definition) is 1. The number of methoxy groups -OCH3 is 1. The zero-order valence-corrected chi connectivity index (χ0v) is 14.1. The molecule has 1 aliphatic rings. The smallest absolute Gasteiger partial charge is 0.410 e. The Bertz CT molecular complexity index is 734. The molecule has 1 fully saturated rings. The van der Waals surface area contributed by atoms with Gasteiger partial charge in [0.05, 0.1) is 23.9 Å². The van der Waals surface area contributed by atoms with Gasteiger partial charge in [0.25, 0.3) is 0 Å². The van der Waals surface area contributed by atoms with Crippen LogP contribution in [0.1, 0.15) is 11.1 Å². The predicted molar refractivity (Wildman–Crippen MR) is 93.2 cm³/mol. The van der Waals surface area contributed by atoms with Crippen LogP contribution in [0.4, 0.5) is 10.5 Å². The molecule has 2 aromatic carbocycles. The lowest BCUT2D eigenvalue weighted by molar-refractivity contribution is 0.156. The van der Waals surface area contributed by atoms with E-state index in [0.29, 0.717) is 23.9 Å². The summed E-state index contributed by atoms with van der Waals surface area (Å²) in [5.41, 5.74) is 8.40. The van der Waals surface area contributed by atoms with Crippen molar-refractivity contribution in [3.63, 3.8) is 0 Å². The third kappa shape index (κ3) is 3.57. The second-order valence-corrected chi connectivity index (χ2v) is 6.17. The van der Waals surface area contributed by atoms with Crippen molar-refractivity contribution >= 4 is 23.4 Å². The topological polar surface area (TPSA) is 64.8 Å². The largest absolute Gasteiger partial charge is 0.497 e. The number of nitrogens with zero attached hydrogens (tertiary/aromatic N) is 1. The summed E-state index contributed by atoms with van der Waals surface area (Å²) in [4.78, 5) is 13.8. The maximum absolute atomic E-state index is 12.1. The molecule has 1 saturated heterocycles. The fraction of sp³-hybridized carbons (Fsp3) is 0.278. The lowest BCUT2D eigenvalue weighted by Gasteiger charge is -2.22. The second kappa shape index (κ2) is 7.01. The van der Waals surface area contributed by atoms with Crippen LogP contribution in [0.3, 0.4) is 0 Å². The Morgan fingerprint density at radius 1 is 1.25 bits per heavy atom. The van der Waals surface area contributed by atoms with Crippen LogP contribution in [-0.4, -0.2) is 30.8 Å². The Morgan fingerprint density at radius 3 is 2.62 bits per heavy atom. The van der Waals surface area contributed by atoms with Crippen LogP contribution in [-0.2, 0) is 17.7 Å². The molecule has 1 aliphatic heterocycles. The number of amides is 1. The van der Waals surface area contributed by atoms with Crippen LogP contribution in [0.15, 0.2) is 42.5 Å². The monoisotopic (exact) mass is 346 g/mol. The molecule has 0 aromatic heterocycles. The Labute approximate surface area is 145 Å². The summed E-state index contributed by atoms with van der Waals surface area (Å²) < 4.78 is 10.4. The van der Waals surface area contributed by atoms with Crippen molar-refractivity contribution in [2.24, 2.45) is 0 Å². The Morgan fingerprint density at radius 2 is 1.96 bits per heavy atom. The summed E-state index contributed by atoms with van der Waals surface area (Å²) in [5, 5.41) is 0.512. The number of halogens is 1. The molecule has 1 unspecified atom stereocenters. The summed E-state index contributed by atoms with van der Waals surface area (Å²) in [6, 6.07) is 13.2. The minimum Gasteiger partial charge on any atom is -0.497 e. The molecule has 0 bridgehead atoms. The van der Waals surface area contributed by atoms with E-state index < -0.39 is 0 Å². The number of ether oxygens (including phenoxy) is 2. The SMILES string of the molecule is COc1ccc(CC2COC(=O)N2Cc2ccc(Cl)c(N)c2)cc1. The van der Waals surface area contributed by atoms with Crippen LogP contribution in [0.25, 0.3) is 0 Å². The first-order valence-corrected chi connectivity index (χ1v) is 8.05. The molecule has 2 aromatic rings. The van der Waals surface area contributed by atoms with E-state index in [2.05, 4.69) is 0 Å². The summed E-state index contributed by atoms with van der Waals surface area (Å²) in [6.45, 7) is 0.828. The number of nitrogen functional groups attached to an aromatic ring is 1. The molecule has 24 heavy (non-hydrogen) atoms. The molecule has 5 nitrogen and oxygen atoms in total. The quantitative estimate of drug-likeness (QED) is 0.842.